The molecule has 4 aromatic carbocycles. The van der Waals surface area contributed by atoms with E-state index >= 15 is 0 Å². The highest BCUT2D eigenvalue weighted by molar-refractivity contribution is 9.10. The van der Waals surface area contributed by atoms with Crippen LogP contribution in [0.4, 0.5) is 0 Å². The van der Waals surface area contributed by atoms with Gasteiger partial charge in [-0.3, -0.25) is 4.79 Å². The largest absolute Gasteiger partial charge is 0.490 e. The Labute approximate surface area is 241 Å². The van der Waals surface area contributed by atoms with Crippen LogP contribution in [0.15, 0.2) is 105 Å². The Kier molecular flexibility index (Phi) is 9.57. The summed E-state index contributed by atoms with van der Waals surface area (Å²) in [4.78, 5) is 12.8. The van der Waals surface area contributed by atoms with Crippen LogP contribution in [0.25, 0.3) is 0 Å². The molecule has 0 unspecified atom stereocenters. The zero-order chi connectivity index (χ0) is 28.5. The Morgan fingerprint density at radius 1 is 0.900 bits per heavy atom. The van der Waals surface area contributed by atoms with Crippen molar-refractivity contribution in [2.45, 2.75) is 25.3 Å². The van der Waals surface area contributed by atoms with Gasteiger partial charge in [0.05, 0.1) is 17.3 Å². The summed E-state index contributed by atoms with van der Waals surface area (Å²) in [7, 11) is -3.99. The van der Waals surface area contributed by atoms with Crippen molar-refractivity contribution in [3.05, 3.63) is 118 Å². The second-order valence-electron chi connectivity index (χ2n) is 8.61. The van der Waals surface area contributed by atoms with Gasteiger partial charge in [-0.15, -0.1) is 0 Å². The number of ether oxygens (including phenoxy) is 2. The maximum Gasteiger partial charge on any atom is 0.339 e. The van der Waals surface area contributed by atoms with Crippen LogP contribution in [0, 0.1) is 6.92 Å². The van der Waals surface area contributed by atoms with Gasteiger partial charge < -0.3 is 13.7 Å². The van der Waals surface area contributed by atoms with Gasteiger partial charge in [-0.2, -0.15) is 13.5 Å². The predicted octanol–water partition coefficient (Wildman–Crippen LogP) is 6.27. The number of rotatable bonds is 11. The van der Waals surface area contributed by atoms with Crippen LogP contribution in [0.1, 0.15) is 34.0 Å². The van der Waals surface area contributed by atoms with Crippen molar-refractivity contribution < 1.29 is 26.9 Å². The van der Waals surface area contributed by atoms with E-state index in [0.29, 0.717) is 40.3 Å². The van der Waals surface area contributed by atoms with Crippen LogP contribution >= 0.6 is 15.9 Å². The molecule has 0 bridgehead atoms. The zero-order valence-corrected chi connectivity index (χ0v) is 24.2. The molecule has 1 N–H and O–H groups in total. The van der Waals surface area contributed by atoms with Gasteiger partial charge in [0.25, 0.3) is 5.91 Å². The van der Waals surface area contributed by atoms with E-state index in [2.05, 4.69) is 26.5 Å². The molecule has 10 heteroatoms. The van der Waals surface area contributed by atoms with Crippen LogP contribution in [-0.4, -0.2) is 27.1 Å². The van der Waals surface area contributed by atoms with Gasteiger partial charge in [-0.05, 0) is 89.4 Å². The average Bonchev–Trinajstić information content (AvgIpc) is 2.94. The summed E-state index contributed by atoms with van der Waals surface area (Å²) in [5.41, 5.74) is 5.39. The first-order valence-corrected chi connectivity index (χ1v) is 14.5. The minimum atomic E-state index is -3.99. The molecule has 0 aromatic heterocycles. The molecule has 206 valence electrons. The van der Waals surface area contributed by atoms with Crippen LogP contribution in [0.2, 0.25) is 0 Å². The lowest BCUT2D eigenvalue weighted by Crippen LogP contribution is -2.17. The summed E-state index contributed by atoms with van der Waals surface area (Å²) >= 11 is 3.33. The van der Waals surface area contributed by atoms with E-state index < -0.39 is 16.0 Å². The lowest BCUT2D eigenvalue weighted by molar-refractivity contribution is 0.0954. The third-order valence-corrected chi connectivity index (χ3v) is 7.46. The van der Waals surface area contributed by atoms with E-state index in [0.717, 1.165) is 11.1 Å². The molecule has 4 aromatic rings. The van der Waals surface area contributed by atoms with E-state index in [9.17, 15) is 13.2 Å². The van der Waals surface area contributed by atoms with Crippen molar-refractivity contribution in [1.29, 1.82) is 0 Å². The van der Waals surface area contributed by atoms with Gasteiger partial charge in [-0.25, -0.2) is 5.43 Å². The molecule has 0 spiro atoms. The van der Waals surface area contributed by atoms with Crippen molar-refractivity contribution in [3.63, 3.8) is 0 Å². The molecule has 0 radical (unpaired) electrons. The fourth-order valence-electron chi connectivity index (χ4n) is 3.54. The first-order chi connectivity index (χ1) is 19.2. The second kappa shape index (κ2) is 13.3. The highest BCUT2D eigenvalue weighted by Gasteiger charge is 2.18. The zero-order valence-electron chi connectivity index (χ0n) is 21.8. The summed E-state index contributed by atoms with van der Waals surface area (Å²) in [5.74, 6) is 0.673. The van der Waals surface area contributed by atoms with Crippen molar-refractivity contribution in [2.75, 3.05) is 6.61 Å². The molecule has 40 heavy (non-hydrogen) atoms. The smallest absolute Gasteiger partial charge is 0.339 e. The fraction of sp³-hybridized carbons (Fsp3) is 0.133. The van der Waals surface area contributed by atoms with Crippen molar-refractivity contribution >= 4 is 38.2 Å². The first-order valence-electron chi connectivity index (χ1n) is 12.3. The van der Waals surface area contributed by atoms with Crippen LogP contribution < -0.4 is 19.1 Å². The Bertz CT molecular complexity index is 1610. The highest BCUT2D eigenvalue weighted by atomic mass is 79.9. The van der Waals surface area contributed by atoms with Crippen molar-refractivity contribution in [3.8, 4) is 17.2 Å². The summed E-state index contributed by atoms with van der Waals surface area (Å²) in [6.45, 7) is 4.50. The molecule has 0 heterocycles. The van der Waals surface area contributed by atoms with Crippen molar-refractivity contribution in [1.82, 2.24) is 5.43 Å². The number of carbonyl (C=O) groups is 1. The molecule has 0 aliphatic rings. The molecule has 1 amide bonds. The molecule has 0 saturated carbocycles. The monoisotopic (exact) mass is 622 g/mol. The quantitative estimate of drug-likeness (QED) is 0.120. The van der Waals surface area contributed by atoms with Crippen LogP contribution in [-0.2, 0) is 16.7 Å². The summed E-state index contributed by atoms with van der Waals surface area (Å²) < 4.78 is 42.4. The number of aryl methyl sites for hydroxylation is 1. The maximum atomic E-state index is 12.7. The number of halogens is 1. The van der Waals surface area contributed by atoms with Gasteiger partial charge in [0.15, 0.2) is 17.2 Å². The standard InChI is InChI=1S/C30H27BrN2O6S/c1-3-37-29-18-24(12-16-28(29)38-20-22-7-5-4-6-8-22)30(34)33-32-19-23-11-15-27(26(31)17-23)39-40(35,36)25-13-9-21(2)10-14-25/h4-19H,3,20H2,1-2H3,(H,33,34)/b32-19+. The van der Waals surface area contributed by atoms with Gasteiger partial charge >= 0.3 is 10.1 Å². The number of nitrogens with one attached hydrogen (secondary N) is 1. The van der Waals surface area contributed by atoms with Crippen LogP contribution in [0.5, 0.6) is 17.2 Å². The molecule has 0 fully saturated rings. The fourth-order valence-corrected chi connectivity index (χ4v) is 5.07. The van der Waals surface area contributed by atoms with Gasteiger partial charge in [0.2, 0.25) is 0 Å². The van der Waals surface area contributed by atoms with Gasteiger partial charge in [0, 0.05) is 5.56 Å². The number of benzene rings is 4. The minimum Gasteiger partial charge on any atom is -0.490 e. The normalized spacial score (nSPS) is 11.3. The molecule has 0 aliphatic heterocycles. The average molecular weight is 624 g/mol. The Balaban J connectivity index is 1.38. The lowest BCUT2D eigenvalue weighted by atomic mass is 10.2. The van der Waals surface area contributed by atoms with Gasteiger partial charge in [-0.1, -0.05) is 48.0 Å². The third-order valence-electron chi connectivity index (χ3n) is 5.59. The van der Waals surface area contributed by atoms with Crippen molar-refractivity contribution in [2.24, 2.45) is 5.10 Å². The van der Waals surface area contributed by atoms with Crippen LogP contribution in [0.3, 0.4) is 0 Å². The van der Waals surface area contributed by atoms with Gasteiger partial charge in [0.1, 0.15) is 11.5 Å². The second-order valence-corrected chi connectivity index (χ2v) is 11.0. The summed E-state index contributed by atoms with van der Waals surface area (Å²) in [5, 5.41) is 4.02. The molecule has 0 saturated heterocycles. The third kappa shape index (κ3) is 7.71. The van der Waals surface area contributed by atoms with E-state index in [1.807, 2.05) is 44.2 Å². The SMILES string of the molecule is CCOc1cc(C(=O)N/N=C/c2ccc(OS(=O)(=O)c3ccc(C)cc3)c(Br)c2)ccc1OCc1ccccc1. The van der Waals surface area contributed by atoms with E-state index in [1.165, 1.54) is 24.4 Å². The summed E-state index contributed by atoms with van der Waals surface area (Å²) in [6, 6.07) is 25.8. The Hall–Kier alpha value is -4.15. The number of hydrogen-bond donors (Lipinski definition) is 1. The Morgan fingerprint density at radius 2 is 1.62 bits per heavy atom. The highest BCUT2D eigenvalue weighted by Crippen LogP contribution is 2.30. The number of carbonyl (C=O) groups excluding carboxylic acids is 1. The van der Waals surface area contributed by atoms with E-state index in [1.54, 1.807) is 42.5 Å². The lowest BCUT2D eigenvalue weighted by Gasteiger charge is -2.13. The molecule has 4 rings (SSSR count). The molecule has 0 aliphatic carbocycles. The first kappa shape index (κ1) is 28.8. The molecular weight excluding hydrogens is 596 g/mol. The van der Waals surface area contributed by atoms with E-state index in [-0.39, 0.29) is 10.6 Å². The Morgan fingerprint density at radius 3 is 2.33 bits per heavy atom. The predicted molar refractivity (Wildman–Crippen MR) is 157 cm³/mol. The number of hydrogen-bond acceptors (Lipinski definition) is 7. The molecular formula is C30H27BrN2O6S. The molecule has 8 nitrogen and oxygen atoms in total. The molecule has 0 atom stereocenters. The maximum absolute atomic E-state index is 12.7. The summed E-state index contributed by atoms with van der Waals surface area (Å²) in [6.07, 6.45) is 1.43. The topological polar surface area (TPSA) is 103 Å². The minimum absolute atomic E-state index is 0.0571. The van der Waals surface area contributed by atoms with E-state index in [4.69, 9.17) is 13.7 Å². The number of amides is 1. The number of hydrazone groups is 1. The number of nitrogens with zero attached hydrogens (tertiary/aromatic N) is 1.